The van der Waals surface area contributed by atoms with Gasteiger partial charge in [0.05, 0.1) is 5.69 Å². The number of alkyl halides is 3. The molecule has 6 nitrogen and oxygen atoms in total. The Morgan fingerprint density at radius 2 is 2.00 bits per heavy atom. The van der Waals surface area contributed by atoms with Crippen molar-refractivity contribution in [3.05, 3.63) is 58.4 Å². The van der Waals surface area contributed by atoms with Gasteiger partial charge in [-0.3, -0.25) is 9.69 Å². The van der Waals surface area contributed by atoms with E-state index in [0.29, 0.717) is 5.69 Å². The van der Waals surface area contributed by atoms with Crippen LogP contribution in [0.4, 0.5) is 18.9 Å². The third-order valence-electron chi connectivity index (χ3n) is 4.82. The number of anilines is 1. The number of hydrogen-bond acceptors (Lipinski definition) is 5. The van der Waals surface area contributed by atoms with Gasteiger partial charge in [0.15, 0.2) is 5.69 Å². The second kappa shape index (κ2) is 8.19. The first-order valence-electron chi connectivity index (χ1n) is 9.52. The summed E-state index contributed by atoms with van der Waals surface area (Å²) < 4.78 is 40.4. The van der Waals surface area contributed by atoms with Gasteiger partial charge >= 0.3 is 6.18 Å². The van der Waals surface area contributed by atoms with Crippen LogP contribution in [-0.2, 0) is 12.7 Å². The van der Waals surface area contributed by atoms with E-state index in [9.17, 15) is 18.0 Å². The monoisotopic (exact) mass is 435 g/mol. The molecule has 1 aliphatic rings. The molecule has 1 N–H and O–H groups in total. The van der Waals surface area contributed by atoms with E-state index in [2.05, 4.69) is 20.3 Å². The number of aryl methyl sites for hydroxylation is 1. The van der Waals surface area contributed by atoms with E-state index in [1.54, 1.807) is 6.07 Å². The average Bonchev–Trinajstić information content (AvgIpc) is 3.41. The van der Waals surface area contributed by atoms with Gasteiger partial charge in [-0.2, -0.15) is 18.3 Å². The second-order valence-corrected chi connectivity index (χ2v) is 8.07. The first-order chi connectivity index (χ1) is 14.3. The van der Waals surface area contributed by atoms with Gasteiger partial charge in [-0.1, -0.05) is 12.1 Å². The highest BCUT2D eigenvalue weighted by molar-refractivity contribution is 7.12. The smallest absolute Gasteiger partial charge is 0.321 e. The fraction of sp³-hybridized carbons (Fsp3) is 0.350. The fourth-order valence-electron chi connectivity index (χ4n) is 3.45. The van der Waals surface area contributed by atoms with Gasteiger partial charge in [-0.05, 0) is 56.6 Å². The molecule has 0 radical (unpaired) electrons. The van der Waals surface area contributed by atoms with Gasteiger partial charge in [0, 0.05) is 17.6 Å². The molecule has 2 aromatic heterocycles. The maximum atomic E-state index is 13.2. The van der Waals surface area contributed by atoms with Gasteiger partial charge in [0.2, 0.25) is 5.13 Å². The second-order valence-electron chi connectivity index (χ2n) is 7.23. The van der Waals surface area contributed by atoms with Gasteiger partial charge in [-0.15, -0.1) is 11.3 Å². The van der Waals surface area contributed by atoms with E-state index in [-0.39, 0.29) is 16.5 Å². The topological polar surface area (TPSA) is 63.1 Å². The van der Waals surface area contributed by atoms with Gasteiger partial charge < -0.3 is 5.32 Å². The van der Waals surface area contributed by atoms with Crippen LogP contribution in [-0.4, -0.2) is 38.7 Å². The number of amides is 1. The Hall–Kier alpha value is -2.72. The first-order valence-corrected chi connectivity index (χ1v) is 10.4. The molecule has 1 amide bonds. The fourth-order valence-corrected chi connectivity index (χ4v) is 4.22. The molecule has 10 heteroatoms. The van der Waals surface area contributed by atoms with Crippen molar-refractivity contribution in [2.75, 3.05) is 18.4 Å². The molecule has 0 bridgehead atoms. The predicted molar refractivity (Wildman–Crippen MR) is 108 cm³/mol. The molecule has 0 saturated carbocycles. The number of rotatable bonds is 5. The number of halogens is 3. The number of nitrogens with one attached hydrogen (secondary N) is 1. The Morgan fingerprint density at radius 1 is 1.23 bits per heavy atom. The number of thiazole rings is 1. The van der Waals surface area contributed by atoms with E-state index in [1.165, 1.54) is 25.1 Å². The number of carbonyl (C=O) groups is 1. The molecule has 158 valence electrons. The number of likely N-dealkylation sites (tertiary alicyclic amines) is 1. The normalized spacial score (nSPS) is 14.9. The van der Waals surface area contributed by atoms with E-state index in [0.717, 1.165) is 47.3 Å². The number of nitrogens with zero attached hydrogens (tertiary/aromatic N) is 4. The van der Waals surface area contributed by atoms with Crippen molar-refractivity contribution >= 4 is 22.9 Å². The summed E-state index contributed by atoms with van der Waals surface area (Å²) in [6.45, 7) is 4.45. The summed E-state index contributed by atoms with van der Waals surface area (Å²) in [5, 5.41) is 8.06. The minimum atomic E-state index is -4.56. The van der Waals surface area contributed by atoms with Crippen LogP contribution in [0, 0.1) is 6.92 Å². The highest BCUT2D eigenvalue weighted by atomic mass is 32.1. The lowest BCUT2D eigenvalue weighted by Crippen LogP contribution is -2.18. The van der Waals surface area contributed by atoms with Crippen LogP contribution in [0.15, 0.2) is 35.7 Å². The summed E-state index contributed by atoms with van der Waals surface area (Å²) in [5.41, 5.74) is 1.06. The zero-order chi connectivity index (χ0) is 21.3. The molecule has 0 aliphatic carbocycles. The standard InChI is InChI=1S/C20H20F3N5OS/c1-13-9-17(20(21,22)23)28(26-13)19-25-16(12-30-19)18(29)24-15-6-4-5-14(10-15)11-27-7-2-3-8-27/h4-6,9-10,12H,2-3,7-8,11H2,1H3,(H,24,29). The number of carbonyl (C=O) groups excluding carboxylic acids is 1. The van der Waals surface area contributed by atoms with Gasteiger partial charge in [-0.25, -0.2) is 9.67 Å². The van der Waals surface area contributed by atoms with Gasteiger partial charge in [0.1, 0.15) is 5.69 Å². The molecular formula is C20H20F3N5OS. The van der Waals surface area contributed by atoms with Crippen molar-refractivity contribution < 1.29 is 18.0 Å². The van der Waals surface area contributed by atoms with Crippen LogP contribution in [0.3, 0.4) is 0 Å². The number of hydrogen-bond donors (Lipinski definition) is 1. The molecule has 1 aliphatic heterocycles. The first kappa shape index (κ1) is 20.5. The third kappa shape index (κ3) is 4.54. The van der Waals surface area contributed by atoms with Crippen molar-refractivity contribution in [2.24, 2.45) is 0 Å². The summed E-state index contributed by atoms with van der Waals surface area (Å²) in [6.07, 6.45) is -2.16. The number of benzene rings is 1. The lowest BCUT2D eigenvalue weighted by atomic mass is 10.2. The zero-order valence-electron chi connectivity index (χ0n) is 16.2. The Kier molecular flexibility index (Phi) is 5.61. The van der Waals surface area contributed by atoms with Crippen LogP contribution in [0.25, 0.3) is 5.13 Å². The van der Waals surface area contributed by atoms with E-state index < -0.39 is 17.8 Å². The van der Waals surface area contributed by atoms with Crippen LogP contribution in [0.5, 0.6) is 0 Å². The Balaban J connectivity index is 1.49. The Labute approximate surface area is 175 Å². The maximum absolute atomic E-state index is 13.2. The van der Waals surface area contributed by atoms with Gasteiger partial charge in [0.25, 0.3) is 5.91 Å². The summed E-state index contributed by atoms with van der Waals surface area (Å²) in [7, 11) is 0. The molecule has 1 saturated heterocycles. The average molecular weight is 435 g/mol. The lowest BCUT2D eigenvalue weighted by Gasteiger charge is -2.15. The zero-order valence-corrected chi connectivity index (χ0v) is 17.1. The molecule has 1 aromatic carbocycles. The minimum Gasteiger partial charge on any atom is -0.321 e. The van der Waals surface area contributed by atoms with Crippen molar-refractivity contribution in [2.45, 2.75) is 32.5 Å². The Morgan fingerprint density at radius 3 is 2.73 bits per heavy atom. The molecule has 30 heavy (non-hydrogen) atoms. The highest BCUT2D eigenvalue weighted by Crippen LogP contribution is 2.32. The van der Waals surface area contributed by atoms with Crippen molar-refractivity contribution in [3.63, 3.8) is 0 Å². The van der Waals surface area contributed by atoms with E-state index >= 15 is 0 Å². The maximum Gasteiger partial charge on any atom is 0.433 e. The van der Waals surface area contributed by atoms with Crippen molar-refractivity contribution in [1.29, 1.82) is 0 Å². The minimum absolute atomic E-state index is 0.0108. The van der Waals surface area contributed by atoms with Crippen LogP contribution >= 0.6 is 11.3 Å². The lowest BCUT2D eigenvalue weighted by molar-refractivity contribution is -0.142. The summed E-state index contributed by atoms with van der Waals surface area (Å²) in [4.78, 5) is 19.0. The molecular weight excluding hydrogens is 415 g/mol. The molecule has 1 fully saturated rings. The summed E-state index contributed by atoms with van der Waals surface area (Å²) in [6, 6.07) is 8.51. The van der Waals surface area contributed by atoms with Crippen LogP contribution in [0.2, 0.25) is 0 Å². The van der Waals surface area contributed by atoms with Crippen molar-refractivity contribution in [1.82, 2.24) is 19.7 Å². The SMILES string of the molecule is Cc1cc(C(F)(F)F)n(-c2nc(C(=O)Nc3cccc(CN4CCCC4)c3)cs2)n1. The summed E-state index contributed by atoms with van der Waals surface area (Å²) in [5.74, 6) is -0.478. The Bertz CT molecular complexity index is 1050. The highest BCUT2D eigenvalue weighted by Gasteiger charge is 2.36. The number of aromatic nitrogens is 3. The molecule has 0 unspecified atom stereocenters. The molecule has 0 spiro atoms. The van der Waals surface area contributed by atoms with Crippen molar-refractivity contribution in [3.8, 4) is 5.13 Å². The van der Waals surface area contributed by atoms with E-state index in [1.807, 2.05) is 18.2 Å². The quantitative estimate of drug-likeness (QED) is 0.641. The third-order valence-corrected chi connectivity index (χ3v) is 5.63. The molecule has 0 atom stereocenters. The largest absolute Gasteiger partial charge is 0.433 e. The molecule has 4 rings (SSSR count). The molecule has 3 aromatic rings. The van der Waals surface area contributed by atoms with E-state index in [4.69, 9.17) is 0 Å². The predicted octanol–water partition coefficient (Wildman–Crippen LogP) is 4.50. The van der Waals surface area contributed by atoms with Crippen LogP contribution in [0.1, 0.15) is 40.3 Å². The molecule has 3 heterocycles. The van der Waals surface area contributed by atoms with Crippen LogP contribution < -0.4 is 5.32 Å². The summed E-state index contributed by atoms with van der Waals surface area (Å²) >= 11 is 0.931.